The van der Waals surface area contributed by atoms with Crippen LogP contribution in [0.5, 0.6) is 0 Å². The standard InChI is InChI=1S/C57H48N2/c1-55(2,3)39-27-33-43-44-34-28-40(56(4,5)6)36-50(44)57(49(43)35-39,37-23-29-41(30-24-37)58-51-19-11-7-15-45(51)46-16-8-12-20-52(46)58)38-25-31-42(32-26-38)59-53-21-13-9-17-47(53)48-18-10-14-22-54(48)59/h7-36H,1-6H3. The van der Waals surface area contributed by atoms with Gasteiger partial charge in [-0.3, -0.25) is 0 Å². The van der Waals surface area contributed by atoms with Crippen molar-refractivity contribution in [2.75, 3.05) is 0 Å². The zero-order valence-electron chi connectivity index (χ0n) is 34.7. The number of hydrogen-bond acceptors (Lipinski definition) is 0. The van der Waals surface area contributed by atoms with E-state index in [0.717, 1.165) is 11.4 Å². The lowest BCUT2D eigenvalue weighted by Gasteiger charge is -2.36. The maximum absolute atomic E-state index is 2.52. The number of para-hydroxylation sites is 4. The molecule has 0 unspecified atom stereocenters. The van der Waals surface area contributed by atoms with Gasteiger partial charge in [-0.15, -0.1) is 0 Å². The number of hydrogen-bond donors (Lipinski definition) is 0. The van der Waals surface area contributed by atoms with Gasteiger partial charge in [0.2, 0.25) is 0 Å². The smallest absolute Gasteiger partial charge is 0.0713 e. The fourth-order valence-corrected chi connectivity index (χ4v) is 10.2. The molecule has 0 spiro atoms. The highest BCUT2D eigenvalue weighted by molar-refractivity contribution is 6.10. The summed E-state index contributed by atoms with van der Waals surface area (Å²) >= 11 is 0. The summed E-state index contributed by atoms with van der Waals surface area (Å²) in [5.74, 6) is 0. The van der Waals surface area contributed by atoms with Crippen molar-refractivity contribution in [3.63, 3.8) is 0 Å². The minimum absolute atomic E-state index is 0.0209. The fourth-order valence-electron chi connectivity index (χ4n) is 10.2. The van der Waals surface area contributed by atoms with Crippen LogP contribution < -0.4 is 0 Å². The third kappa shape index (κ3) is 5.18. The molecule has 1 aliphatic rings. The molecular formula is C57H48N2. The Balaban J connectivity index is 1.19. The van der Waals surface area contributed by atoms with Gasteiger partial charge in [-0.05, 0) is 104 Å². The van der Waals surface area contributed by atoms with Crippen LogP contribution in [0.15, 0.2) is 182 Å². The Hall–Kier alpha value is -6.64. The Morgan fingerprint density at radius 3 is 0.949 bits per heavy atom. The SMILES string of the molecule is CC(C)(C)c1ccc2c(c1)C(c1ccc(-n3c4ccccc4c4ccccc43)cc1)(c1ccc(-n3c4ccccc4c4ccccc43)cc1)c1cc(C(C)(C)C)ccc1-2. The van der Waals surface area contributed by atoms with Crippen molar-refractivity contribution in [2.24, 2.45) is 0 Å². The maximum Gasteiger partial charge on any atom is 0.0713 e. The summed E-state index contributed by atoms with van der Waals surface area (Å²) in [6.07, 6.45) is 0. The number of nitrogens with zero attached hydrogens (tertiary/aromatic N) is 2. The second-order valence-corrected chi connectivity index (χ2v) is 18.6. The lowest BCUT2D eigenvalue weighted by Crippen LogP contribution is -2.30. The summed E-state index contributed by atoms with van der Waals surface area (Å²) in [6, 6.07) is 68.7. The minimum atomic E-state index is -0.564. The topological polar surface area (TPSA) is 9.86 Å². The molecule has 0 amide bonds. The molecule has 8 aromatic carbocycles. The molecule has 0 bridgehead atoms. The van der Waals surface area contributed by atoms with Crippen LogP contribution in [0.25, 0.3) is 66.1 Å². The Kier molecular flexibility index (Phi) is 7.63. The Morgan fingerprint density at radius 1 is 0.339 bits per heavy atom. The maximum atomic E-state index is 2.52. The summed E-state index contributed by atoms with van der Waals surface area (Å²) in [7, 11) is 0. The van der Waals surface area contributed by atoms with Crippen molar-refractivity contribution in [3.05, 3.63) is 215 Å². The van der Waals surface area contributed by atoms with Gasteiger partial charge >= 0.3 is 0 Å². The molecule has 0 aliphatic heterocycles. The summed E-state index contributed by atoms with van der Waals surface area (Å²) in [5.41, 5.74) is 17.1. The largest absolute Gasteiger partial charge is 0.309 e. The second kappa shape index (κ2) is 12.7. The van der Waals surface area contributed by atoms with E-state index in [1.165, 1.54) is 88.1 Å². The first kappa shape index (κ1) is 35.5. The third-order valence-corrected chi connectivity index (χ3v) is 13.1. The average molecular weight is 761 g/mol. The Morgan fingerprint density at radius 2 is 0.644 bits per heavy atom. The van der Waals surface area contributed by atoms with Crippen LogP contribution in [0.1, 0.15) is 74.9 Å². The second-order valence-electron chi connectivity index (χ2n) is 18.6. The summed E-state index contributed by atoms with van der Waals surface area (Å²) in [5, 5.41) is 5.09. The molecule has 2 aromatic heterocycles. The fraction of sp³-hybridized carbons (Fsp3) is 0.158. The first-order valence-corrected chi connectivity index (χ1v) is 21.0. The molecule has 0 radical (unpaired) electrons. The van der Waals surface area contributed by atoms with Gasteiger partial charge in [-0.2, -0.15) is 0 Å². The first-order chi connectivity index (χ1) is 28.5. The first-order valence-electron chi connectivity index (χ1n) is 21.0. The van der Waals surface area contributed by atoms with Gasteiger partial charge in [0.25, 0.3) is 0 Å². The van der Waals surface area contributed by atoms with Crippen molar-refractivity contribution in [1.82, 2.24) is 9.13 Å². The number of benzene rings is 8. The summed E-state index contributed by atoms with van der Waals surface area (Å²) in [4.78, 5) is 0. The van der Waals surface area contributed by atoms with E-state index >= 15 is 0 Å². The minimum Gasteiger partial charge on any atom is -0.309 e. The van der Waals surface area contributed by atoms with Gasteiger partial charge in [-0.25, -0.2) is 0 Å². The predicted octanol–water partition coefficient (Wildman–Crippen LogP) is 14.8. The molecule has 11 rings (SSSR count). The molecule has 1 aliphatic carbocycles. The number of fused-ring (bicyclic) bond motifs is 9. The summed E-state index contributed by atoms with van der Waals surface area (Å²) < 4.78 is 4.85. The zero-order valence-corrected chi connectivity index (χ0v) is 34.7. The van der Waals surface area contributed by atoms with Gasteiger partial charge in [-0.1, -0.05) is 175 Å². The molecule has 10 aromatic rings. The van der Waals surface area contributed by atoms with E-state index < -0.39 is 5.41 Å². The molecule has 0 saturated carbocycles. The number of aromatic nitrogens is 2. The average Bonchev–Trinajstić information content (AvgIpc) is 3.87. The van der Waals surface area contributed by atoms with Gasteiger partial charge in [0.05, 0.1) is 27.5 Å². The van der Waals surface area contributed by atoms with Crippen molar-refractivity contribution < 1.29 is 0 Å². The van der Waals surface area contributed by atoms with Crippen molar-refractivity contribution >= 4 is 43.6 Å². The van der Waals surface area contributed by atoms with E-state index in [0.29, 0.717) is 0 Å². The van der Waals surface area contributed by atoms with E-state index in [-0.39, 0.29) is 10.8 Å². The van der Waals surface area contributed by atoms with Crippen LogP contribution in [0.3, 0.4) is 0 Å². The Labute approximate surface area is 347 Å². The molecule has 2 heterocycles. The van der Waals surface area contributed by atoms with Crippen LogP contribution in [0, 0.1) is 0 Å². The third-order valence-electron chi connectivity index (χ3n) is 13.1. The van der Waals surface area contributed by atoms with Crippen LogP contribution >= 0.6 is 0 Å². The van der Waals surface area contributed by atoms with Crippen molar-refractivity contribution in [3.8, 4) is 22.5 Å². The highest BCUT2D eigenvalue weighted by Gasteiger charge is 2.47. The van der Waals surface area contributed by atoms with Gasteiger partial charge in [0.15, 0.2) is 0 Å². The molecular weight excluding hydrogens is 713 g/mol. The van der Waals surface area contributed by atoms with Gasteiger partial charge in [0, 0.05) is 32.9 Å². The van der Waals surface area contributed by atoms with Crippen molar-refractivity contribution in [1.29, 1.82) is 0 Å². The van der Waals surface area contributed by atoms with Crippen LogP contribution in [-0.2, 0) is 16.2 Å². The predicted molar refractivity (Wildman–Crippen MR) is 250 cm³/mol. The number of rotatable bonds is 4. The van der Waals surface area contributed by atoms with E-state index in [9.17, 15) is 0 Å². The van der Waals surface area contributed by atoms with E-state index in [2.05, 4.69) is 233 Å². The molecule has 0 fully saturated rings. The van der Waals surface area contributed by atoms with Crippen LogP contribution in [0.2, 0.25) is 0 Å². The van der Waals surface area contributed by atoms with E-state index in [4.69, 9.17) is 0 Å². The van der Waals surface area contributed by atoms with E-state index in [1.807, 2.05) is 0 Å². The highest BCUT2D eigenvalue weighted by Crippen LogP contribution is 2.57. The summed E-state index contributed by atoms with van der Waals surface area (Å²) in [6.45, 7) is 14.0. The monoisotopic (exact) mass is 760 g/mol. The van der Waals surface area contributed by atoms with Crippen molar-refractivity contribution in [2.45, 2.75) is 57.8 Å². The van der Waals surface area contributed by atoms with Crippen LogP contribution in [0.4, 0.5) is 0 Å². The van der Waals surface area contributed by atoms with Crippen LogP contribution in [-0.4, -0.2) is 9.13 Å². The molecule has 2 heteroatoms. The molecule has 286 valence electrons. The lowest BCUT2D eigenvalue weighted by molar-refractivity contribution is 0.586. The van der Waals surface area contributed by atoms with E-state index in [1.54, 1.807) is 0 Å². The molecule has 0 N–H and O–H groups in total. The zero-order chi connectivity index (χ0) is 40.3. The Bertz CT molecular complexity index is 2940. The quantitative estimate of drug-likeness (QED) is 0.169. The molecule has 0 saturated heterocycles. The molecule has 0 atom stereocenters. The van der Waals surface area contributed by atoms with Gasteiger partial charge < -0.3 is 9.13 Å². The molecule has 2 nitrogen and oxygen atoms in total. The lowest BCUT2D eigenvalue weighted by atomic mass is 9.66. The highest BCUT2D eigenvalue weighted by atomic mass is 15.0. The normalized spacial score (nSPS) is 13.7. The molecule has 59 heavy (non-hydrogen) atoms. The van der Waals surface area contributed by atoms with Gasteiger partial charge in [0.1, 0.15) is 0 Å².